The number of hydrogen-bond acceptors (Lipinski definition) is 6. The normalized spacial score (nSPS) is 43.9. The van der Waals surface area contributed by atoms with Crippen LogP contribution in [0.4, 0.5) is 4.79 Å². The highest BCUT2D eigenvalue weighted by molar-refractivity contribution is 5.68. The minimum Gasteiger partial charge on any atom is -0.443 e. The molecule has 2 aliphatic heterocycles. The van der Waals surface area contributed by atoms with Crippen LogP contribution in [-0.2, 0) is 18.9 Å². The van der Waals surface area contributed by atoms with Crippen LogP contribution >= 0.6 is 0 Å². The fraction of sp³-hybridized carbons (Fsp3) is 0.875. The summed E-state index contributed by atoms with van der Waals surface area (Å²) in [5.41, 5.74) is 0.785. The van der Waals surface area contributed by atoms with E-state index < -0.39 is 0 Å². The van der Waals surface area contributed by atoms with Gasteiger partial charge in [-0.1, -0.05) is 11.6 Å². The lowest BCUT2D eigenvalue weighted by atomic mass is 9.68. The zero-order valence-corrected chi connectivity index (χ0v) is 19.7. The summed E-state index contributed by atoms with van der Waals surface area (Å²) < 4.78 is 24.1. The third kappa shape index (κ3) is 4.80. The van der Waals surface area contributed by atoms with Crippen molar-refractivity contribution in [2.24, 2.45) is 5.92 Å². The third-order valence-electron chi connectivity index (χ3n) is 7.95. The second-order valence-corrected chi connectivity index (χ2v) is 10.3. The van der Waals surface area contributed by atoms with E-state index in [2.05, 4.69) is 37.5 Å². The maximum absolute atomic E-state index is 12.7. The van der Waals surface area contributed by atoms with Crippen molar-refractivity contribution in [3.63, 3.8) is 0 Å². The molecule has 2 heterocycles. The van der Waals surface area contributed by atoms with Crippen LogP contribution in [0.5, 0.6) is 0 Å². The van der Waals surface area contributed by atoms with Gasteiger partial charge < -0.3 is 29.6 Å². The molecule has 2 saturated heterocycles. The van der Waals surface area contributed by atoms with Crippen molar-refractivity contribution >= 4 is 6.09 Å². The van der Waals surface area contributed by atoms with Crippen LogP contribution in [-0.4, -0.2) is 68.5 Å². The van der Waals surface area contributed by atoms with Gasteiger partial charge in [-0.15, -0.1) is 0 Å². The summed E-state index contributed by atoms with van der Waals surface area (Å²) in [5, 5.41) is 6.41. The Hall–Kier alpha value is -1.15. The van der Waals surface area contributed by atoms with Crippen LogP contribution in [0, 0.1) is 5.92 Å². The Kier molecular flexibility index (Phi) is 6.69. The number of hydrogen-bond donors (Lipinski definition) is 2. The summed E-state index contributed by atoms with van der Waals surface area (Å²) in [7, 11) is 3.71. The van der Waals surface area contributed by atoms with E-state index in [0.29, 0.717) is 6.04 Å². The fourth-order valence-corrected chi connectivity index (χ4v) is 5.93. The highest BCUT2D eigenvalue weighted by atomic mass is 16.6. The Morgan fingerprint density at radius 1 is 1.16 bits per heavy atom. The molecule has 0 aromatic rings. The molecule has 3 unspecified atom stereocenters. The number of amides is 1. The Balaban J connectivity index is 1.38. The van der Waals surface area contributed by atoms with E-state index in [1.54, 1.807) is 7.11 Å². The van der Waals surface area contributed by atoms with Crippen LogP contribution < -0.4 is 10.6 Å². The number of nitrogens with one attached hydrogen (secondary N) is 2. The van der Waals surface area contributed by atoms with Crippen molar-refractivity contribution in [3.05, 3.63) is 11.6 Å². The predicted octanol–water partition coefficient (Wildman–Crippen LogP) is 3.32. The Morgan fingerprint density at radius 3 is 2.42 bits per heavy atom. The number of epoxide rings is 2. The Bertz CT molecular complexity index is 681. The Morgan fingerprint density at radius 2 is 1.84 bits per heavy atom. The van der Waals surface area contributed by atoms with Gasteiger partial charge in [-0.3, -0.25) is 0 Å². The van der Waals surface area contributed by atoms with Crippen molar-refractivity contribution in [1.82, 2.24) is 10.6 Å². The molecule has 6 atom stereocenters. The van der Waals surface area contributed by atoms with Gasteiger partial charge in [0.1, 0.15) is 23.4 Å². The van der Waals surface area contributed by atoms with Gasteiger partial charge in [0, 0.05) is 19.2 Å². The molecule has 2 N–H and O–H groups in total. The molecule has 7 heteroatoms. The molecular weight excluding hydrogens is 396 g/mol. The van der Waals surface area contributed by atoms with E-state index in [-0.39, 0.29) is 47.6 Å². The molecule has 0 bridgehead atoms. The van der Waals surface area contributed by atoms with E-state index in [0.717, 1.165) is 51.6 Å². The lowest BCUT2D eigenvalue weighted by Crippen LogP contribution is -2.56. The molecule has 176 valence electrons. The quantitative estimate of drug-likeness (QED) is 0.470. The number of methoxy groups -OCH3 is 1. The van der Waals surface area contributed by atoms with Gasteiger partial charge in [-0.05, 0) is 72.8 Å². The summed E-state index contributed by atoms with van der Waals surface area (Å²) in [4.78, 5) is 12.7. The summed E-state index contributed by atoms with van der Waals surface area (Å²) in [6.07, 6.45) is 8.18. The standard InChI is InChI=1S/C24H40N2O5/c1-15(2)6-11-19-23(3,31-19)21-20(28-5)18(12-13-24(21)14-29-24)30-22(27)26-17-9-7-16(25-4)8-10-17/h6,16-21,25H,7-14H2,1-5H3,(H,26,27)/t16?,17?,18?,19-,20?,21?,23+,24+/m1/s1. The molecular formula is C24H40N2O5. The SMILES string of the molecule is CNC1CCC(NC(=O)OC2CC[C@]3(CO3)C([C@@]3(C)O[C@@H]3CC=C(C)C)C2OC)CC1. The van der Waals surface area contributed by atoms with Crippen molar-refractivity contribution < 1.29 is 23.7 Å². The zero-order valence-electron chi connectivity index (χ0n) is 19.7. The average molecular weight is 437 g/mol. The number of alkyl carbamates (subject to hydrolysis) is 1. The summed E-state index contributed by atoms with van der Waals surface area (Å²) >= 11 is 0. The van der Waals surface area contributed by atoms with Crippen LogP contribution in [0.2, 0.25) is 0 Å². The first-order chi connectivity index (χ1) is 14.8. The second-order valence-electron chi connectivity index (χ2n) is 10.3. The van der Waals surface area contributed by atoms with Gasteiger partial charge >= 0.3 is 6.09 Å². The summed E-state index contributed by atoms with van der Waals surface area (Å²) in [5.74, 6) is 0.0539. The number of carbonyl (C=O) groups excluding carboxylic acids is 1. The predicted molar refractivity (Wildman–Crippen MR) is 118 cm³/mol. The van der Waals surface area contributed by atoms with Gasteiger partial charge in [0.15, 0.2) is 0 Å². The molecule has 2 saturated carbocycles. The molecule has 4 fully saturated rings. The van der Waals surface area contributed by atoms with Crippen LogP contribution in [0.1, 0.15) is 65.7 Å². The third-order valence-corrected chi connectivity index (χ3v) is 7.95. The minimum atomic E-state index is -0.325. The molecule has 0 aromatic carbocycles. The lowest BCUT2D eigenvalue weighted by Gasteiger charge is -2.42. The molecule has 31 heavy (non-hydrogen) atoms. The fourth-order valence-electron chi connectivity index (χ4n) is 5.93. The second kappa shape index (κ2) is 9.00. The topological polar surface area (TPSA) is 84.7 Å². The first-order valence-electron chi connectivity index (χ1n) is 11.9. The van der Waals surface area contributed by atoms with E-state index >= 15 is 0 Å². The van der Waals surface area contributed by atoms with Crippen molar-refractivity contribution in [3.8, 4) is 0 Å². The smallest absolute Gasteiger partial charge is 0.407 e. The van der Waals surface area contributed by atoms with Crippen molar-refractivity contribution in [2.45, 2.75) is 107 Å². The van der Waals surface area contributed by atoms with Crippen LogP contribution in [0.15, 0.2) is 11.6 Å². The van der Waals surface area contributed by atoms with E-state index in [1.807, 2.05) is 7.05 Å². The molecule has 4 aliphatic rings. The monoisotopic (exact) mass is 436 g/mol. The van der Waals surface area contributed by atoms with E-state index in [9.17, 15) is 4.79 Å². The largest absolute Gasteiger partial charge is 0.443 e. The van der Waals surface area contributed by atoms with Gasteiger partial charge in [-0.25, -0.2) is 4.79 Å². The van der Waals surface area contributed by atoms with Gasteiger partial charge in [0.05, 0.1) is 18.6 Å². The zero-order chi connectivity index (χ0) is 22.2. The lowest BCUT2D eigenvalue weighted by molar-refractivity contribution is -0.118. The van der Waals surface area contributed by atoms with Gasteiger partial charge in [-0.2, -0.15) is 0 Å². The highest BCUT2D eigenvalue weighted by Gasteiger charge is 2.72. The minimum absolute atomic E-state index is 0.0539. The van der Waals surface area contributed by atoms with Crippen molar-refractivity contribution in [2.75, 3.05) is 20.8 Å². The maximum atomic E-state index is 12.7. The molecule has 7 nitrogen and oxygen atoms in total. The summed E-state index contributed by atoms with van der Waals surface area (Å²) in [6, 6.07) is 0.743. The molecule has 4 rings (SSSR count). The van der Waals surface area contributed by atoms with E-state index in [4.69, 9.17) is 18.9 Å². The van der Waals surface area contributed by atoms with Crippen molar-refractivity contribution in [1.29, 1.82) is 0 Å². The summed E-state index contributed by atoms with van der Waals surface area (Å²) in [6.45, 7) is 7.12. The number of allylic oxidation sites excluding steroid dienone is 1. The number of ether oxygens (including phenoxy) is 4. The van der Waals surface area contributed by atoms with Crippen LogP contribution in [0.25, 0.3) is 0 Å². The van der Waals surface area contributed by atoms with E-state index in [1.165, 1.54) is 5.57 Å². The van der Waals surface area contributed by atoms with Gasteiger partial charge in [0.2, 0.25) is 0 Å². The molecule has 0 aromatic heterocycles. The Labute approximate surface area is 186 Å². The number of carbonyl (C=O) groups is 1. The first-order valence-corrected chi connectivity index (χ1v) is 11.9. The average Bonchev–Trinajstić information content (AvgIpc) is 3.65. The molecule has 0 radical (unpaired) electrons. The molecule has 2 aliphatic carbocycles. The van der Waals surface area contributed by atoms with Crippen LogP contribution in [0.3, 0.4) is 0 Å². The highest BCUT2D eigenvalue weighted by Crippen LogP contribution is 2.59. The molecule has 1 spiro atoms. The molecule has 1 amide bonds. The first kappa shape index (κ1) is 23.0. The number of rotatable bonds is 7. The van der Waals surface area contributed by atoms with Gasteiger partial charge in [0.25, 0.3) is 0 Å². The maximum Gasteiger partial charge on any atom is 0.407 e.